The maximum atomic E-state index is 5.96. The first-order valence-corrected chi connectivity index (χ1v) is 9.61. The zero-order chi connectivity index (χ0) is 20.5. The van der Waals surface area contributed by atoms with Crippen LogP contribution in [-0.2, 0) is 24.9 Å². The summed E-state index contributed by atoms with van der Waals surface area (Å²) in [6.45, 7) is 8.81. The van der Waals surface area contributed by atoms with Gasteiger partial charge in [-0.3, -0.25) is 9.67 Å². The van der Waals surface area contributed by atoms with Crippen molar-refractivity contribution >= 4 is 29.9 Å². The molecule has 0 saturated carbocycles. The van der Waals surface area contributed by atoms with E-state index in [1.54, 1.807) is 14.2 Å². The van der Waals surface area contributed by atoms with Gasteiger partial charge >= 0.3 is 0 Å². The van der Waals surface area contributed by atoms with Crippen LogP contribution in [0.1, 0.15) is 34.5 Å². The number of methoxy groups -OCH3 is 1. The lowest BCUT2D eigenvalue weighted by Gasteiger charge is -2.15. The Labute approximate surface area is 191 Å². The zero-order valence-electron chi connectivity index (χ0n) is 18.3. The molecule has 1 aromatic carbocycles. The van der Waals surface area contributed by atoms with Crippen molar-refractivity contribution in [1.29, 1.82) is 0 Å². The quantitative estimate of drug-likeness (QED) is 0.232. The van der Waals surface area contributed by atoms with Crippen LogP contribution < -0.4 is 15.4 Å². The molecule has 2 N–H and O–H groups in total. The number of nitrogens with zero attached hydrogens (tertiary/aromatic N) is 3. The van der Waals surface area contributed by atoms with Crippen molar-refractivity contribution in [1.82, 2.24) is 20.4 Å². The van der Waals surface area contributed by atoms with E-state index in [9.17, 15) is 0 Å². The molecule has 29 heavy (non-hydrogen) atoms. The molecule has 0 saturated heterocycles. The third kappa shape index (κ3) is 7.50. The van der Waals surface area contributed by atoms with Crippen LogP contribution in [0.5, 0.6) is 5.75 Å². The van der Waals surface area contributed by atoms with E-state index < -0.39 is 0 Å². The Morgan fingerprint density at radius 3 is 2.48 bits per heavy atom. The number of hydrogen-bond acceptors (Lipinski definition) is 4. The van der Waals surface area contributed by atoms with Crippen LogP contribution in [0, 0.1) is 20.8 Å². The maximum absolute atomic E-state index is 5.96. The topological polar surface area (TPSA) is 72.7 Å². The number of nitrogens with one attached hydrogen (secondary N) is 2. The van der Waals surface area contributed by atoms with Gasteiger partial charge in [0.05, 0.1) is 12.3 Å². The van der Waals surface area contributed by atoms with Crippen LogP contribution in [0.3, 0.4) is 0 Å². The van der Waals surface area contributed by atoms with Crippen molar-refractivity contribution in [2.75, 3.05) is 27.4 Å². The highest BCUT2D eigenvalue weighted by Crippen LogP contribution is 2.20. The Bertz CT molecular complexity index is 805. The molecule has 0 aliphatic carbocycles. The summed E-state index contributed by atoms with van der Waals surface area (Å²) in [5, 5.41) is 11.2. The fourth-order valence-electron chi connectivity index (χ4n) is 2.97. The summed E-state index contributed by atoms with van der Waals surface area (Å²) in [5.74, 6) is 1.64. The van der Waals surface area contributed by atoms with Crippen molar-refractivity contribution in [3.05, 3.63) is 46.3 Å². The van der Waals surface area contributed by atoms with Gasteiger partial charge in [0.2, 0.25) is 0 Å². The Morgan fingerprint density at radius 2 is 1.86 bits per heavy atom. The fraction of sp³-hybridized carbons (Fsp3) is 0.524. The normalized spacial score (nSPS) is 11.2. The minimum atomic E-state index is 0. The minimum absolute atomic E-state index is 0. The minimum Gasteiger partial charge on any atom is -0.493 e. The number of aryl methyl sites for hydroxylation is 3. The second-order valence-corrected chi connectivity index (χ2v) is 6.86. The Kier molecular flexibility index (Phi) is 11.0. The van der Waals surface area contributed by atoms with Crippen molar-refractivity contribution < 1.29 is 9.47 Å². The first kappa shape index (κ1) is 25.2. The number of aliphatic imine (C=N–C) groups is 1. The molecule has 0 spiro atoms. The van der Waals surface area contributed by atoms with Crippen LogP contribution in [0.2, 0.25) is 0 Å². The van der Waals surface area contributed by atoms with Crippen LogP contribution in [0.15, 0.2) is 23.2 Å². The van der Waals surface area contributed by atoms with E-state index >= 15 is 0 Å². The summed E-state index contributed by atoms with van der Waals surface area (Å²) in [6.07, 6.45) is 0.865. The third-order valence-corrected chi connectivity index (χ3v) is 4.73. The highest BCUT2D eigenvalue weighted by atomic mass is 127. The molecule has 7 nitrogen and oxygen atoms in total. The predicted octanol–water partition coefficient (Wildman–Crippen LogP) is 3.24. The molecule has 0 aliphatic rings. The second-order valence-electron chi connectivity index (χ2n) is 6.86. The molecule has 162 valence electrons. The number of halogens is 1. The Balaban J connectivity index is 0.00000420. The number of hydrogen-bond donors (Lipinski definition) is 2. The van der Waals surface area contributed by atoms with Crippen molar-refractivity contribution in [3.63, 3.8) is 0 Å². The van der Waals surface area contributed by atoms with Gasteiger partial charge in [0, 0.05) is 64.1 Å². The molecular formula is C21H34IN5O2. The van der Waals surface area contributed by atoms with Gasteiger partial charge in [-0.2, -0.15) is 5.10 Å². The molecule has 0 amide bonds. The van der Waals surface area contributed by atoms with Gasteiger partial charge in [-0.15, -0.1) is 24.0 Å². The highest BCUT2D eigenvalue weighted by Gasteiger charge is 2.10. The van der Waals surface area contributed by atoms with E-state index in [1.807, 2.05) is 18.7 Å². The molecule has 0 unspecified atom stereocenters. The van der Waals surface area contributed by atoms with E-state index in [0.717, 1.165) is 35.1 Å². The standard InChI is InChI=1S/C21H33N5O2.HI/c1-15-8-9-18(20(12-15)28-11-7-10-27-6)13-23-21(22-4)24-14-19-16(2)25-26(5)17(19)3;/h8-9,12H,7,10-11,13-14H2,1-6H3,(H2,22,23,24);1H. The van der Waals surface area contributed by atoms with E-state index in [-0.39, 0.29) is 24.0 Å². The van der Waals surface area contributed by atoms with Gasteiger partial charge in [0.25, 0.3) is 0 Å². The van der Waals surface area contributed by atoms with E-state index in [0.29, 0.717) is 26.3 Å². The monoisotopic (exact) mass is 515 g/mol. The Morgan fingerprint density at radius 1 is 1.14 bits per heavy atom. The smallest absolute Gasteiger partial charge is 0.191 e. The van der Waals surface area contributed by atoms with Gasteiger partial charge in [0.15, 0.2) is 5.96 Å². The lowest BCUT2D eigenvalue weighted by Crippen LogP contribution is -2.36. The lowest BCUT2D eigenvalue weighted by atomic mass is 10.1. The van der Waals surface area contributed by atoms with Crippen molar-refractivity contribution in [2.24, 2.45) is 12.0 Å². The molecule has 0 aliphatic heterocycles. The zero-order valence-corrected chi connectivity index (χ0v) is 20.7. The number of rotatable bonds is 9. The van der Waals surface area contributed by atoms with Crippen molar-refractivity contribution in [3.8, 4) is 5.75 Å². The average molecular weight is 515 g/mol. The molecule has 0 fully saturated rings. The van der Waals surface area contributed by atoms with Gasteiger partial charge in [-0.25, -0.2) is 0 Å². The van der Waals surface area contributed by atoms with E-state index in [4.69, 9.17) is 9.47 Å². The maximum Gasteiger partial charge on any atom is 0.191 e. The molecule has 0 radical (unpaired) electrons. The molecule has 0 atom stereocenters. The van der Waals surface area contributed by atoms with Crippen LogP contribution >= 0.6 is 24.0 Å². The molecule has 0 bridgehead atoms. The first-order chi connectivity index (χ1) is 13.5. The second kappa shape index (κ2) is 12.7. The van der Waals surface area contributed by atoms with Crippen LogP contribution in [0.4, 0.5) is 0 Å². The first-order valence-electron chi connectivity index (χ1n) is 9.61. The van der Waals surface area contributed by atoms with Crippen molar-refractivity contribution in [2.45, 2.75) is 40.3 Å². The SMILES string of the molecule is CN=C(NCc1ccc(C)cc1OCCCOC)NCc1c(C)nn(C)c1C.I. The van der Waals surface area contributed by atoms with E-state index in [2.05, 4.69) is 52.8 Å². The molecule has 2 aromatic rings. The highest BCUT2D eigenvalue weighted by molar-refractivity contribution is 14.0. The summed E-state index contributed by atoms with van der Waals surface area (Å²) in [7, 11) is 5.44. The summed E-state index contributed by atoms with van der Waals surface area (Å²) in [4.78, 5) is 4.33. The number of guanidine groups is 1. The molecule has 1 aromatic heterocycles. The largest absolute Gasteiger partial charge is 0.493 e. The molecule has 8 heteroatoms. The summed E-state index contributed by atoms with van der Waals surface area (Å²) in [6, 6.07) is 6.26. The van der Waals surface area contributed by atoms with E-state index in [1.165, 1.54) is 11.1 Å². The van der Waals surface area contributed by atoms with Gasteiger partial charge < -0.3 is 20.1 Å². The molecule has 1 heterocycles. The predicted molar refractivity (Wildman–Crippen MR) is 128 cm³/mol. The molecule has 2 rings (SSSR count). The van der Waals surface area contributed by atoms with Gasteiger partial charge in [-0.1, -0.05) is 12.1 Å². The Hall–Kier alpha value is -1.81. The van der Waals surface area contributed by atoms with Crippen LogP contribution in [0.25, 0.3) is 0 Å². The summed E-state index contributed by atoms with van der Waals surface area (Å²) < 4.78 is 12.9. The third-order valence-electron chi connectivity index (χ3n) is 4.73. The van der Waals surface area contributed by atoms with Gasteiger partial charge in [-0.05, 0) is 32.4 Å². The van der Waals surface area contributed by atoms with Gasteiger partial charge in [0.1, 0.15) is 5.75 Å². The number of ether oxygens (including phenoxy) is 2. The van der Waals surface area contributed by atoms with Crippen LogP contribution in [-0.4, -0.2) is 43.1 Å². The average Bonchev–Trinajstić information content (AvgIpc) is 2.92. The molecular weight excluding hydrogens is 481 g/mol. The lowest BCUT2D eigenvalue weighted by molar-refractivity contribution is 0.171. The summed E-state index contributed by atoms with van der Waals surface area (Å²) >= 11 is 0. The number of benzene rings is 1. The fourth-order valence-corrected chi connectivity index (χ4v) is 2.97. The number of aromatic nitrogens is 2. The summed E-state index contributed by atoms with van der Waals surface area (Å²) in [5.41, 5.74) is 5.66.